The number of benzene rings is 2. The van der Waals surface area contributed by atoms with E-state index in [2.05, 4.69) is 10.4 Å². The SMILES string of the molecule is O=C(CCc1cnn(-c2ccccc2)c1)NCCCCOc1ccc(Cl)cc1. The Kier molecular flexibility index (Phi) is 7.50. The van der Waals surface area contributed by atoms with Crippen molar-refractivity contribution in [3.8, 4) is 11.4 Å². The van der Waals surface area contributed by atoms with Crippen LogP contribution in [0.15, 0.2) is 67.0 Å². The zero-order valence-corrected chi connectivity index (χ0v) is 16.4. The van der Waals surface area contributed by atoms with E-state index in [0.717, 1.165) is 29.8 Å². The number of unbranched alkanes of at least 4 members (excludes halogenated alkanes) is 1. The number of halogens is 1. The maximum Gasteiger partial charge on any atom is 0.220 e. The highest BCUT2D eigenvalue weighted by Crippen LogP contribution is 2.15. The number of amides is 1. The number of ether oxygens (including phenoxy) is 1. The number of hydrogen-bond donors (Lipinski definition) is 1. The summed E-state index contributed by atoms with van der Waals surface area (Å²) in [5.74, 6) is 0.871. The van der Waals surface area contributed by atoms with Gasteiger partial charge in [0, 0.05) is 24.2 Å². The van der Waals surface area contributed by atoms with Gasteiger partial charge in [-0.1, -0.05) is 29.8 Å². The van der Waals surface area contributed by atoms with Gasteiger partial charge in [-0.15, -0.1) is 0 Å². The van der Waals surface area contributed by atoms with E-state index < -0.39 is 0 Å². The molecule has 0 fully saturated rings. The number of hydrogen-bond acceptors (Lipinski definition) is 3. The number of aromatic nitrogens is 2. The van der Waals surface area contributed by atoms with Crippen LogP contribution in [0.4, 0.5) is 0 Å². The lowest BCUT2D eigenvalue weighted by Crippen LogP contribution is -2.24. The molecule has 3 aromatic rings. The predicted octanol–water partition coefficient (Wildman–Crippen LogP) is 4.43. The molecule has 0 bridgehead atoms. The van der Waals surface area contributed by atoms with Crippen molar-refractivity contribution in [1.29, 1.82) is 0 Å². The fraction of sp³-hybridized carbons (Fsp3) is 0.273. The average molecular weight is 398 g/mol. The minimum atomic E-state index is 0.0612. The van der Waals surface area contributed by atoms with Gasteiger partial charge in [0.1, 0.15) is 5.75 Å². The third kappa shape index (κ3) is 6.43. The zero-order chi connectivity index (χ0) is 19.6. The van der Waals surface area contributed by atoms with E-state index in [4.69, 9.17) is 16.3 Å². The monoisotopic (exact) mass is 397 g/mol. The van der Waals surface area contributed by atoms with Gasteiger partial charge in [-0.3, -0.25) is 4.79 Å². The van der Waals surface area contributed by atoms with Crippen molar-refractivity contribution in [2.45, 2.75) is 25.7 Å². The average Bonchev–Trinajstić information content (AvgIpc) is 3.20. The van der Waals surface area contributed by atoms with Crippen LogP contribution in [-0.2, 0) is 11.2 Å². The van der Waals surface area contributed by atoms with Crippen LogP contribution in [-0.4, -0.2) is 28.8 Å². The molecule has 0 radical (unpaired) electrons. The second kappa shape index (κ2) is 10.5. The van der Waals surface area contributed by atoms with Gasteiger partial charge >= 0.3 is 0 Å². The Labute approximate surface area is 170 Å². The molecule has 0 unspecified atom stereocenters. The summed E-state index contributed by atoms with van der Waals surface area (Å²) in [6, 6.07) is 17.2. The van der Waals surface area contributed by atoms with E-state index in [1.165, 1.54) is 0 Å². The molecule has 0 aliphatic heterocycles. The number of nitrogens with one attached hydrogen (secondary N) is 1. The normalized spacial score (nSPS) is 10.6. The molecule has 0 saturated heterocycles. The maximum absolute atomic E-state index is 12.0. The molecule has 6 heteroatoms. The van der Waals surface area contributed by atoms with E-state index in [0.29, 0.717) is 31.0 Å². The van der Waals surface area contributed by atoms with Crippen molar-refractivity contribution in [1.82, 2.24) is 15.1 Å². The van der Waals surface area contributed by atoms with Crippen LogP contribution >= 0.6 is 11.6 Å². The van der Waals surface area contributed by atoms with Crippen LogP contribution < -0.4 is 10.1 Å². The lowest BCUT2D eigenvalue weighted by Gasteiger charge is -2.07. The largest absolute Gasteiger partial charge is 0.494 e. The molecule has 3 rings (SSSR count). The lowest BCUT2D eigenvalue weighted by atomic mass is 10.2. The number of nitrogens with zero attached hydrogens (tertiary/aromatic N) is 2. The minimum Gasteiger partial charge on any atom is -0.494 e. The third-order valence-corrected chi connectivity index (χ3v) is 4.53. The Balaban J connectivity index is 1.28. The summed E-state index contributed by atoms with van der Waals surface area (Å²) in [4.78, 5) is 12.0. The first-order valence-corrected chi connectivity index (χ1v) is 9.82. The fourth-order valence-corrected chi connectivity index (χ4v) is 2.86. The molecule has 1 amide bonds. The summed E-state index contributed by atoms with van der Waals surface area (Å²) >= 11 is 5.84. The Hall–Kier alpha value is -2.79. The van der Waals surface area contributed by atoms with E-state index in [-0.39, 0.29) is 5.91 Å². The molecule has 1 aromatic heterocycles. The number of para-hydroxylation sites is 1. The van der Waals surface area contributed by atoms with Gasteiger partial charge in [0.15, 0.2) is 0 Å². The smallest absolute Gasteiger partial charge is 0.220 e. The quantitative estimate of drug-likeness (QED) is 0.515. The van der Waals surface area contributed by atoms with Crippen molar-refractivity contribution in [2.24, 2.45) is 0 Å². The molecule has 0 spiro atoms. The van der Waals surface area contributed by atoms with E-state index in [1.807, 2.05) is 59.5 Å². The van der Waals surface area contributed by atoms with Gasteiger partial charge in [0.2, 0.25) is 5.91 Å². The zero-order valence-electron chi connectivity index (χ0n) is 15.7. The molecule has 0 aliphatic rings. The molecule has 28 heavy (non-hydrogen) atoms. The first-order chi connectivity index (χ1) is 13.7. The molecule has 0 aliphatic carbocycles. The summed E-state index contributed by atoms with van der Waals surface area (Å²) in [6.07, 6.45) is 6.68. The molecule has 0 saturated carbocycles. The van der Waals surface area contributed by atoms with Gasteiger partial charge in [0.25, 0.3) is 0 Å². The summed E-state index contributed by atoms with van der Waals surface area (Å²) in [7, 11) is 0. The van der Waals surface area contributed by atoms with E-state index in [9.17, 15) is 4.79 Å². The highest BCUT2D eigenvalue weighted by Gasteiger charge is 2.05. The van der Waals surface area contributed by atoms with Gasteiger partial charge in [-0.25, -0.2) is 4.68 Å². The van der Waals surface area contributed by atoms with Crippen molar-refractivity contribution in [3.63, 3.8) is 0 Å². The summed E-state index contributed by atoms with van der Waals surface area (Å²) < 4.78 is 7.46. The molecule has 2 aromatic carbocycles. The predicted molar refractivity (Wildman–Crippen MR) is 111 cm³/mol. The molecule has 146 valence electrons. The third-order valence-electron chi connectivity index (χ3n) is 4.27. The molecule has 5 nitrogen and oxygen atoms in total. The maximum atomic E-state index is 12.0. The molecular formula is C22H24ClN3O2. The second-order valence-corrected chi connectivity index (χ2v) is 6.92. The van der Waals surface area contributed by atoms with Gasteiger partial charge in [-0.05, 0) is 61.2 Å². The molecular weight excluding hydrogens is 374 g/mol. The van der Waals surface area contributed by atoms with Gasteiger partial charge < -0.3 is 10.1 Å². The number of carbonyl (C=O) groups is 1. The number of aryl methyl sites for hydroxylation is 1. The van der Waals surface area contributed by atoms with Crippen LogP contribution in [0, 0.1) is 0 Å². The molecule has 0 atom stereocenters. The van der Waals surface area contributed by atoms with Crippen LogP contribution in [0.2, 0.25) is 5.02 Å². The molecule has 1 heterocycles. The minimum absolute atomic E-state index is 0.0612. The first-order valence-electron chi connectivity index (χ1n) is 9.45. The van der Waals surface area contributed by atoms with Crippen molar-refractivity contribution in [2.75, 3.05) is 13.2 Å². The van der Waals surface area contributed by atoms with Crippen molar-refractivity contribution in [3.05, 3.63) is 77.6 Å². The van der Waals surface area contributed by atoms with Crippen molar-refractivity contribution < 1.29 is 9.53 Å². The number of carbonyl (C=O) groups excluding carboxylic acids is 1. The lowest BCUT2D eigenvalue weighted by molar-refractivity contribution is -0.121. The highest BCUT2D eigenvalue weighted by molar-refractivity contribution is 6.30. The second-order valence-electron chi connectivity index (χ2n) is 6.49. The summed E-state index contributed by atoms with van der Waals surface area (Å²) in [5.41, 5.74) is 2.06. The standard InChI is InChI=1S/C22H24ClN3O2/c23-19-9-11-21(12-10-19)28-15-5-4-14-24-22(27)13-8-18-16-25-26(17-18)20-6-2-1-3-7-20/h1-3,6-7,9-12,16-17H,4-5,8,13-15H2,(H,24,27). The van der Waals surface area contributed by atoms with Gasteiger partial charge in [0.05, 0.1) is 18.5 Å². The summed E-state index contributed by atoms with van der Waals surface area (Å²) in [5, 5.41) is 8.01. The Bertz CT molecular complexity index is 863. The summed E-state index contributed by atoms with van der Waals surface area (Å²) in [6.45, 7) is 1.28. The Morgan fingerprint density at radius 1 is 1.07 bits per heavy atom. The highest BCUT2D eigenvalue weighted by atomic mass is 35.5. The Morgan fingerprint density at radius 3 is 2.64 bits per heavy atom. The number of rotatable bonds is 10. The van der Waals surface area contributed by atoms with Crippen LogP contribution in [0.25, 0.3) is 5.69 Å². The van der Waals surface area contributed by atoms with E-state index >= 15 is 0 Å². The Morgan fingerprint density at radius 2 is 1.86 bits per heavy atom. The van der Waals surface area contributed by atoms with Crippen LogP contribution in [0.1, 0.15) is 24.8 Å². The van der Waals surface area contributed by atoms with E-state index in [1.54, 1.807) is 12.1 Å². The van der Waals surface area contributed by atoms with Crippen LogP contribution in [0.3, 0.4) is 0 Å². The van der Waals surface area contributed by atoms with Crippen LogP contribution in [0.5, 0.6) is 5.75 Å². The molecule has 1 N–H and O–H groups in total. The topological polar surface area (TPSA) is 56.2 Å². The first kappa shape index (κ1) is 20.0. The van der Waals surface area contributed by atoms with Crippen molar-refractivity contribution >= 4 is 17.5 Å². The van der Waals surface area contributed by atoms with Gasteiger partial charge in [-0.2, -0.15) is 5.10 Å². The fourth-order valence-electron chi connectivity index (χ4n) is 2.73.